The molecule has 0 spiro atoms. The van der Waals surface area contributed by atoms with Crippen LogP contribution in [0.4, 0.5) is 19.0 Å². The molecule has 0 amide bonds. The fourth-order valence-corrected chi connectivity index (χ4v) is 1.75. The summed E-state index contributed by atoms with van der Waals surface area (Å²) in [4.78, 5) is 3.75. The Morgan fingerprint density at radius 1 is 1.28 bits per heavy atom. The Labute approximate surface area is 106 Å². The van der Waals surface area contributed by atoms with Crippen LogP contribution in [0.5, 0.6) is 0 Å². The minimum Gasteiger partial charge on any atom is -0.267 e. The number of nitrogens with zero attached hydrogens (tertiary/aromatic N) is 3. The van der Waals surface area contributed by atoms with Gasteiger partial charge in [-0.2, -0.15) is 13.2 Å². The molecule has 2 aromatic heterocycles. The van der Waals surface area contributed by atoms with Gasteiger partial charge >= 0.3 is 6.18 Å². The predicted molar refractivity (Wildman–Crippen MR) is 62.5 cm³/mol. The van der Waals surface area contributed by atoms with Crippen molar-refractivity contribution in [3.8, 4) is 0 Å². The maximum absolute atomic E-state index is 12.5. The molecular weight excluding hydrogens is 267 g/mol. The van der Waals surface area contributed by atoms with Crippen molar-refractivity contribution in [2.75, 3.05) is 12.1 Å². The molecule has 18 heavy (non-hydrogen) atoms. The molecule has 3 nitrogen and oxygen atoms in total. The lowest BCUT2D eigenvalue weighted by Gasteiger charge is -2.21. The molecule has 0 fully saturated rings. The van der Waals surface area contributed by atoms with E-state index < -0.39 is 11.7 Å². The summed E-state index contributed by atoms with van der Waals surface area (Å²) in [5.41, 5.74) is -0.864. The lowest BCUT2D eigenvalue weighted by Crippen LogP contribution is -2.24. The molecule has 0 aromatic carbocycles. The first kappa shape index (κ1) is 12.8. The molecule has 0 N–H and O–H groups in total. The van der Waals surface area contributed by atoms with Crippen molar-refractivity contribution in [3.63, 3.8) is 0 Å². The zero-order valence-electron chi connectivity index (χ0n) is 9.32. The van der Waals surface area contributed by atoms with Gasteiger partial charge in [-0.1, -0.05) is 11.6 Å². The van der Waals surface area contributed by atoms with Crippen LogP contribution in [0.25, 0.3) is 0 Å². The van der Waals surface area contributed by atoms with Crippen LogP contribution in [0.1, 0.15) is 5.56 Å². The third-order valence-electron chi connectivity index (χ3n) is 2.39. The van der Waals surface area contributed by atoms with E-state index in [9.17, 15) is 13.2 Å². The molecule has 2 rings (SSSR count). The second-order valence-corrected chi connectivity index (χ2v) is 4.02. The second-order valence-electron chi connectivity index (χ2n) is 3.61. The van der Waals surface area contributed by atoms with Gasteiger partial charge in [0.1, 0.15) is 0 Å². The van der Waals surface area contributed by atoms with E-state index >= 15 is 0 Å². The highest BCUT2D eigenvalue weighted by Crippen LogP contribution is 2.33. The molecule has 96 valence electrons. The molecule has 0 aliphatic carbocycles. The van der Waals surface area contributed by atoms with E-state index in [1.54, 1.807) is 41.3 Å². The lowest BCUT2D eigenvalue weighted by molar-refractivity contribution is -0.137. The SMILES string of the molecule is CN(c1ncc(C(F)(F)F)cc1Cl)n1cccc1. The van der Waals surface area contributed by atoms with Crippen molar-refractivity contribution in [2.24, 2.45) is 0 Å². The summed E-state index contributed by atoms with van der Waals surface area (Å²) < 4.78 is 39.0. The van der Waals surface area contributed by atoms with Crippen LogP contribution < -0.4 is 5.01 Å². The molecule has 7 heteroatoms. The van der Waals surface area contributed by atoms with Gasteiger partial charge in [0.2, 0.25) is 0 Å². The standard InChI is InChI=1S/C11H9ClF3N3/c1-17(18-4-2-3-5-18)10-9(12)6-8(7-16-10)11(13,14)15/h2-7H,1H3. The summed E-state index contributed by atoms with van der Waals surface area (Å²) >= 11 is 5.83. The predicted octanol–water partition coefficient (Wildman–Crippen LogP) is 3.45. The van der Waals surface area contributed by atoms with E-state index in [-0.39, 0.29) is 10.8 Å². The number of pyridine rings is 1. The van der Waals surface area contributed by atoms with E-state index in [1.807, 2.05) is 0 Å². The first-order valence-electron chi connectivity index (χ1n) is 4.99. The molecular formula is C11H9ClF3N3. The van der Waals surface area contributed by atoms with Gasteiger partial charge in [0.25, 0.3) is 0 Å². The maximum atomic E-state index is 12.5. The number of hydrogen-bond donors (Lipinski definition) is 0. The maximum Gasteiger partial charge on any atom is 0.417 e. The lowest BCUT2D eigenvalue weighted by atomic mass is 10.3. The van der Waals surface area contributed by atoms with E-state index in [0.29, 0.717) is 0 Å². The highest BCUT2D eigenvalue weighted by Gasteiger charge is 2.31. The first-order chi connectivity index (χ1) is 8.39. The fourth-order valence-electron chi connectivity index (χ4n) is 1.46. The zero-order valence-corrected chi connectivity index (χ0v) is 10.1. The van der Waals surface area contributed by atoms with Crippen LogP contribution in [0, 0.1) is 0 Å². The molecule has 0 saturated carbocycles. The summed E-state index contributed by atoms with van der Waals surface area (Å²) in [5, 5.41) is 1.49. The van der Waals surface area contributed by atoms with Crippen molar-refractivity contribution in [3.05, 3.63) is 47.4 Å². The van der Waals surface area contributed by atoms with E-state index in [2.05, 4.69) is 4.98 Å². The van der Waals surface area contributed by atoms with Crippen molar-refractivity contribution in [1.82, 2.24) is 9.66 Å². The number of aromatic nitrogens is 2. The van der Waals surface area contributed by atoms with Gasteiger partial charge in [-0.15, -0.1) is 0 Å². The smallest absolute Gasteiger partial charge is 0.267 e. The zero-order chi connectivity index (χ0) is 13.3. The Morgan fingerprint density at radius 3 is 2.39 bits per heavy atom. The minimum atomic E-state index is -4.44. The van der Waals surface area contributed by atoms with Gasteiger partial charge in [-0.25, -0.2) is 4.98 Å². The second kappa shape index (κ2) is 4.53. The van der Waals surface area contributed by atoms with E-state index in [1.165, 1.54) is 0 Å². The van der Waals surface area contributed by atoms with Gasteiger partial charge in [0, 0.05) is 25.6 Å². The molecule has 0 radical (unpaired) electrons. The molecule has 0 unspecified atom stereocenters. The number of anilines is 1. The van der Waals surface area contributed by atoms with Gasteiger partial charge in [0.15, 0.2) is 5.82 Å². The fraction of sp³-hybridized carbons (Fsp3) is 0.182. The summed E-state index contributed by atoms with van der Waals surface area (Å²) in [7, 11) is 1.65. The molecule has 0 bridgehead atoms. The van der Waals surface area contributed by atoms with E-state index in [0.717, 1.165) is 12.3 Å². The largest absolute Gasteiger partial charge is 0.417 e. The van der Waals surface area contributed by atoms with Gasteiger partial charge in [-0.05, 0) is 18.2 Å². The topological polar surface area (TPSA) is 21.1 Å². The van der Waals surface area contributed by atoms with Gasteiger partial charge < -0.3 is 0 Å². The number of alkyl halides is 3. The summed E-state index contributed by atoms with van der Waals surface area (Å²) in [6.07, 6.45) is -0.215. The van der Waals surface area contributed by atoms with Gasteiger partial charge in [-0.3, -0.25) is 9.69 Å². The molecule has 0 aliphatic heterocycles. The van der Waals surface area contributed by atoms with Crippen molar-refractivity contribution in [1.29, 1.82) is 0 Å². The number of halogens is 4. The molecule has 0 aliphatic rings. The molecule has 2 heterocycles. The Balaban J connectivity index is 2.36. The number of hydrogen-bond acceptors (Lipinski definition) is 2. The average molecular weight is 276 g/mol. The molecule has 2 aromatic rings. The Bertz CT molecular complexity index is 537. The quantitative estimate of drug-likeness (QED) is 0.837. The Hall–Kier alpha value is -1.69. The van der Waals surface area contributed by atoms with Crippen molar-refractivity contribution < 1.29 is 13.2 Å². The first-order valence-corrected chi connectivity index (χ1v) is 5.37. The van der Waals surface area contributed by atoms with Crippen LogP contribution in [0.2, 0.25) is 5.02 Å². The number of rotatable bonds is 2. The Morgan fingerprint density at radius 2 is 1.89 bits per heavy atom. The summed E-state index contributed by atoms with van der Waals surface area (Å²) in [6, 6.07) is 4.44. The average Bonchev–Trinajstić information content (AvgIpc) is 2.80. The Kier molecular flexibility index (Phi) is 3.21. The van der Waals surface area contributed by atoms with Crippen LogP contribution in [0.15, 0.2) is 36.8 Å². The molecule has 0 atom stereocenters. The minimum absolute atomic E-state index is 0.0546. The summed E-state index contributed by atoms with van der Waals surface area (Å²) in [5.74, 6) is 0.251. The normalized spacial score (nSPS) is 11.6. The monoisotopic (exact) mass is 275 g/mol. The van der Waals surface area contributed by atoms with Crippen molar-refractivity contribution in [2.45, 2.75) is 6.18 Å². The highest BCUT2D eigenvalue weighted by atomic mass is 35.5. The molecule has 0 saturated heterocycles. The van der Waals surface area contributed by atoms with Crippen LogP contribution >= 0.6 is 11.6 Å². The highest BCUT2D eigenvalue weighted by molar-refractivity contribution is 6.33. The van der Waals surface area contributed by atoms with Crippen LogP contribution in [-0.2, 0) is 6.18 Å². The van der Waals surface area contributed by atoms with Crippen LogP contribution in [-0.4, -0.2) is 16.7 Å². The third kappa shape index (κ3) is 2.43. The van der Waals surface area contributed by atoms with Gasteiger partial charge in [0.05, 0.1) is 10.6 Å². The third-order valence-corrected chi connectivity index (χ3v) is 2.67. The van der Waals surface area contributed by atoms with Crippen LogP contribution in [0.3, 0.4) is 0 Å². The van der Waals surface area contributed by atoms with E-state index in [4.69, 9.17) is 11.6 Å². The summed E-state index contributed by atoms with van der Waals surface area (Å²) in [6.45, 7) is 0. The van der Waals surface area contributed by atoms with Crippen molar-refractivity contribution >= 4 is 17.4 Å².